The Labute approximate surface area is 176 Å². The van der Waals surface area contributed by atoms with Gasteiger partial charge in [0.2, 0.25) is 5.58 Å². The lowest BCUT2D eigenvalue weighted by Crippen LogP contribution is -2.33. The first-order valence-electron chi connectivity index (χ1n) is 9.47. The number of hydrogen-bond donors (Lipinski definition) is 1. The van der Waals surface area contributed by atoms with Crippen LogP contribution in [-0.4, -0.2) is 34.6 Å². The Kier molecular flexibility index (Phi) is 5.40. The van der Waals surface area contributed by atoms with Crippen LogP contribution in [0.3, 0.4) is 0 Å². The lowest BCUT2D eigenvalue weighted by Gasteiger charge is -2.14. The molecule has 2 heterocycles. The molecule has 31 heavy (non-hydrogen) atoms. The first-order chi connectivity index (χ1) is 15.0. The number of carbonyl (C=O) groups excluding carboxylic acids is 2. The van der Waals surface area contributed by atoms with E-state index in [9.17, 15) is 14.4 Å². The van der Waals surface area contributed by atoms with E-state index >= 15 is 0 Å². The van der Waals surface area contributed by atoms with Crippen LogP contribution in [0.15, 0.2) is 64.1 Å². The number of fused-ring (bicyclic) bond motifs is 3. The number of carbonyl (C=O) groups is 2. The molecule has 0 aliphatic heterocycles. The molecule has 0 spiro atoms. The van der Waals surface area contributed by atoms with Crippen LogP contribution in [0, 0.1) is 0 Å². The van der Waals surface area contributed by atoms with Gasteiger partial charge in [0.15, 0.2) is 6.10 Å². The van der Waals surface area contributed by atoms with Crippen molar-refractivity contribution in [3.05, 3.63) is 65.2 Å². The molecule has 0 radical (unpaired) electrons. The molecule has 2 aromatic heterocycles. The minimum Gasteiger partial charge on any atom is -0.497 e. The molecule has 1 amide bonds. The van der Waals surface area contributed by atoms with Gasteiger partial charge >= 0.3 is 5.97 Å². The quantitative estimate of drug-likeness (QED) is 0.476. The second kappa shape index (κ2) is 8.31. The van der Waals surface area contributed by atoms with Crippen LogP contribution in [0.2, 0.25) is 0 Å². The van der Waals surface area contributed by atoms with Crippen LogP contribution in [0.25, 0.3) is 22.1 Å². The van der Waals surface area contributed by atoms with E-state index in [1.165, 1.54) is 13.3 Å². The van der Waals surface area contributed by atoms with E-state index in [1.54, 1.807) is 49.6 Å². The van der Waals surface area contributed by atoms with Gasteiger partial charge in [-0.25, -0.2) is 4.98 Å². The van der Waals surface area contributed by atoms with Crippen molar-refractivity contribution in [2.24, 2.45) is 0 Å². The standard InChI is InChI=1S/C22H19N3O6/c1-13(21(27)24-14-7-9-15(29-2)10-8-14)30-18(26)11-25-12-23-19-16-5-3-4-6-17(16)31-20(19)22(25)28/h3-10,12-13H,11H2,1-2H3,(H,24,27). The molecule has 158 valence electrons. The molecule has 0 aliphatic carbocycles. The van der Waals surface area contributed by atoms with E-state index in [4.69, 9.17) is 13.9 Å². The monoisotopic (exact) mass is 421 g/mol. The minimum atomic E-state index is -1.06. The molecular weight excluding hydrogens is 402 g/mol. The van der Waals surface area contributed by atoms with E-state index in [2.05, 4.69) is 10.3 Å². The highest BCUT2D eigenvalue weighted by atomic mass is 16.5. The molecular formula is C22H19N3O6. The molecule has 4 rings (SSSR count). The summed E-state index contributed by atoms with van der Waals surface area (Å²) in [6, 6.07) is 13.9. The van der Waals surface area contributed by atoms with E-state index in [0.29, 0.717) is 27.9 Å². The summed E-state index contributed by atoms with van der Waals surface area (Å²) in [5.41, 5.74) is 1.04. The zero-order valence-electron chi connectivity index (χ0n) is 16.8. The van der Waals surface area contributed by atoms with Crippen molar-refractivity contribution in [2.75, 3.05) is 12.4 Å². The Bertz CT molecular complexity index is 1320. The topological polar surface area (TPSA) is 113 Å². The summed E-state index contributed by atoms with van der Waals surface area (Å²) in [6.45, 7) is 1.04. The van der Waals surface area contributed by atoms with Crippen molar-refractivity contribution in [2.45, 2.75) is 19.6 Å². The molecule has 0 bridgehead atoms. The van der Waals surface area contributed by atoms with Crippen LogP contribution in [-0.2, 0) is 20.9 Å². The second-order valence-corrected chi connectivity index (χ2v) is 6.80. The van der Waals surface area contributed by atoms with E-state index in [-0.39, 0.29) is 5.58 Å². The van der Waals surface area contributed by atoms with Crippen LogP contribution in [0.5, 0.6) is 5.75 Å². The number of benzene rings is 2. The van der Waals surface area contributed by atoms with Gasteiger partial charge in [-0.15, -0.1) is 0 Å². The van der Waals surface area contributed by atoms with Gasteiger partial charge in [0.25, 0.3) is 11.5 Å². The summed E-state index contributed by atoms with van der Waals surface area (Å²) in [5.74, 6) is -0.605. The van der Waals surface area contributed by atoms with Gasteiger partial charge in [-0.05, 0) is 43.3 Å². The highest BCUT2D eigenvalue weighted by Gasteiger charge is 2.20. The number of hydrogen-bond acceptors (Lipinski definition) is 7. The van der Waals surface area contributed by atoms with Gasteiger partial charge < -0.3 is 19.2 Å². The van der Waals surface area contributed by atoms with Gasteiger partial charge in [-0.2, -0.15) is 0 Å². The number of anilines is 1. The molecule has 9 heteroatoms. The van der Waals surface area contributed by atoms with Crippen LogP contribution >= 0.6 is 0 Å². The number of amides is 1. The lowest BCUT2D eigenvalue weighted by atomic mass is 10.2. The van der Waals surface area contributed by atoms with Gasteiger partial charge in [0.05, 0.1) is 13.4 Å². The zero-order valence-corrected chi connectivity index (χ0v) is 16.8. The van der Waals surface area contributed by atoms with Crippen molar-refractivity contribution in [3.63, 3.8) is 0 Å². The largest absolute Gasteiger partial charge is 0.497 e. The average Bonchev–Trinajstić information content (AvgIpc) is 3.15. The summed E-state index contributed by atoms with van der Waals surface area (Å²) in [4.78, 5) is 41.5. The van der Waals surface area contributed by atoms with Crippen LogP contribution in [0.4, 0.5) is 5.69 Å². The van der Waals surface area contributed by atoms with E-state index in [1.807, 2.05) is 6.07 Å². The summed E-state index contributed by atoms with van der Waals surface area (Å²) >= 11 is 0. The molecule has 1 N–H and O–H groups in total. The maximum atomic E-state index is 12.7. The van der Waals surface area contributed by atoms with E-state index < -0.39 is 30.1 Å². The maximum absolute atomic E-state index is 12.7. The summed E-state index contributed by atoms with van der Waals surface area (Å²) < 4.78 is 16.9. The average molecular weight is 421 g/mol. The third-order valence-electron chi connectivity index (χ3n) is 4.69. The molecule has 0 aliphatic rings. The fourth-order valence-corrected chi connectivity index (χ4v) is 3.07. The Morgan fingerprint density at radius 1 is 1.16 bits per heavy atom. The van der Waals surface area contributed by atoms with Crippen LogP contribution in [0.1, 0.15) is 6.92 Å². The maximum Gasteiger partial charge on any atom is 0.326 e. The second-order valence-electron chi connectivity index (χ2n) is 6.80. The molecule has 0 fully saturated rings. The van der Waals surface area contributed by atoms with Crippen LogP contribution < -0.4 is 15.6 Å². The highest BCUT2D eigenvalue weighted by molar-refractivity contribution is 6.01. The number of para-hydroxylation sites is 1. The van der Waals surface area contributed by atoms with Crippen molar-refractivity contribution in [1.82, 2.24) is 9.55 Å². The Morgan fingerprint density at radius 3 is 2.65 bits per heavy atom. The smallest absolute Gasteiger partial charge is 0.326 e. The van der Waals surface area contributed by atoms with Gasteiger partial charge in [0.1, 0.15) is 23.4 Å². The third-order valence-corrected chi connectivity index (χ3v) is 4.69. The lowest BCUT2D eigenvalue weighted by molar-refractivity contribution is -0.153. The van der Waals surface area contributed by atoms with Crippen molar-refractivity contribution >= 4 is 39.6 Å². The molecule has 4 aromatic rings. The predicted octanol–water partition coefficient (Wildman–Crippen LogP) is 2.72. The number of nitrogens with one attached hydrogen (secondary N) is 1. The molecule has 0 saturated heterocycles. The number of esters is 1. The molecule has 1 unspecified atom stereocenters. The highest BCUT2D eigenvalue weighted by Crippen LogP contribution is 2.24. The molecule has 2 aromatic carbocycles. The fourth-order valence-electron chi connectivity index (χ4n) is 3.07. The molecule has 9 nitrogen and oxygen atoms in total. The Hall–Kier alpha value is -4.14. The first kappa shape index (κ1) is 20.1. The number of rotatable bonds is 6. The SMILES string of the molecule is COc1ccc(NC(=O)C(C)OC(=O)Cn2cnc3c(oc4ccccc43)c2=O)cc1. The number of methoxy groups -OCH3 is 1. The third kappa shape index (κ3) is 4.11. The Morgan fingerprint density at radius 2 is 1.90 bits per heavy atom. The molecule has 1 atom stereocenters. The predicted molar refractivity (Wildman–Crippen MR) is 113 cm³/mol. The fraction of sp³-hybridized carbons (Fsp3) is 0.182. The van der Waals surface area contributed by atoms with Crippen molar-refractivity contribution in [3.8, 4) is 5.75 Å². The number of aromatic nitrogens is 2. The zero-order chi connectivity index (χ0) is 22.0. The summed E-state index contributed by atoms with van der Waals surface area (Å²) in [7, 11) is 1.54. The summed E-state index contributed by atoms with van der Waals surface area (Å²) in [6.07, 6.45) is 0.198. The van der Waals surface area contributed by atoms with Gasteiger partial charge in [-0.1, -0.05) is 12.1 Å². The number of ether oxygens (including phenoxy) is 2. The van der Waals surface area contributed by atoms with Gasteiger partial charge in [-0.3, -0.25) is 19.0 Å². The van der Waals surface area contributed by atoms with Gasteiger partial charge in [0, 0.05) is 11.1 Å². The van der Waals surface area contributed by atoms with Crippen molar-refractivity contribution in [1.29, 1.82) is 0 Å². The van der Waals surface area contributed by atoms with Crippen molar-refractivity contribution < 1.29 is 23.5 Å². The summed E-state index contributed by atoms with van der Waals surface area (Å²) in [5, 5.41) is 3.36. The van der Waals surface area contributed by atoms with E-state index in [0.717, 1.165) is 4.57 Å². The minimum absolute atomic E-state index is 0.0572. The first-order valence-corrected chi connectivity index (χ1v) is 9.47. The number of nitrogens with zero attached hydrogens (tertiary/aromatic N) is 2. The number of furan rings is 1. The Balaban J connectivity index is 1.43. The normalized spacial score (nSPS) is 11.9. The molecule has 0 saturated carbocycles.